The molecule has 0 aliphatic carbocycles. The van der Waals surface area contributed by atoms with Crippen molar-refractivity contribution in [3.05, 3.63) is 56.7 Å². The molecule has 0 atom stereocenters. The second-order valence-electron chi connectivity index (χ2n) is 3.36. The summed E-state index contributed by atoms with van der Waals surface area (Å²) >= 11 is 7.40. The van der Waals surface area contributed by atoms with Crippen molar-refractivity contribution in [1.82, 2.24) is 0 Å². The zero-order valence-corrected chi connectivity index (χ0v) is 9.89. The predicted molar refractivity (Wildman–Crippen MR) is 65.5 cm³/mol. The highest BCUT2D eigenvalue weighted by atomic mass is 35.5. The number of thiophene rings is 1. The van der Waals surface area contributed by atoms with Crippen molar-refractivity contribution in [3.8, 4) is 0 Å². The first-order valence-electron chi connectivity index (χ1n) is 4.71. The maximum Gasteiger partial charge on any atom is 0.336 e. The van der Waals surface area contributed by atoms with Crippen molar-refractivity contribution < 1.29 is 9.90 Å². The Labute approximate surface area is 102 Å². The summed E-state index contributed by atoms with van der Waals surface area (Å²) in [6.45, 7) is 0. The lowest BCUT2D eigenvalue weighted by molar-refractivity contribution is 0.0696. The van der Waals surface area contributed by atoms with Crippen LogP contribution in [-0.2, 0) is 6.42 Å². The highest BCUT2D eigenvalue weighted by molar-refractivity contribution is 7.09. The molecule has 0 unspecified atom stereocenters. The third-order valence-electron chi connectivity index (χ3n) is 2.25. The molecule has 0 saturated heterocycles. The van der Waals surface area contributed by atoms with Crippen molar-refractivity contribution in [1.29, 1.82) is 0 Å². The van der Waals surface area contributed by atoms with Crippen molar-refractivity contribution in [2.75, 3.05) is 0 Å². The lowest BCUT2D eigenvalue weighted by Gasteiger charge is -2.05. The fourth-order valence-corrected chi connectivity index (χ4v) is 2.40. The molecular formula is C12H9ClO2S. The topological polar surface area (TPSA) is 37.3 Å². The van der Waals surface area contributed by atoms with Gasteiger partial charge in [-0.3, -0.25) is 0 Å². The van der Waals surface area contributed by atoms with E-state index < -0.39 is 5.97 Å². The lowest BCUT2D eigenvalue weighted by atomic mass is 10.0. The number of hydrogen-bond donors (Lipinski definition) is 1. The Balaban J connectivity index is 2.36. The van der Waals surface area contributed by atoms with E-state index in [0.717, 1.165) is 10.4 Å². The number of carboxylic acids is 1. The number of rotatable bonds is 3. The van der Waals surface area contributed by atoms with Crippen LogP contribution in [0.4, 0.5) is 0 Å². The van der Waals surface area contributed by atoms with Crippen LogP contribution in [0.1, 0.15) is 20.8 Å². The molecule has 0 saturated carbocycles. The maximum atomic E-state index is 11.0. The molecule has 16 heavy (non-hydrogen) atoms. The van der Waals surface area contributed by atoms with Crippen molar-refractivity contribution in [3.63, 3.8) is 0 Å². The van der Waals surface area contributed by atoms with Crippen molar-refractivity contribution >= 4 is 28.9 Å². The average Bonchev–Trinajstić information content (AvgIpc) is 2.73. The van der Waals surface area contributed by atoms with Crippen LogP contribution in [-0.4, -0.2) is 11.1 Å². The second kappa shape index (κ2) is 4.68. The second-order valence-corrected chi connectivity index (χ2v) is 4.83. The van der Waals surface area contributed by atoms with Gasteiger partial charge in [-0.25, -0.2) is 4.79 Å². The van der Waals surface area contributed by atoms with Crippen LogP contribution in [0.15, 0.2) is 35.7 Å². The van der Waals surface area contributed by atoms with Gasteiger partial charge in [0.1, 0.15) is 0 Å². The maximum absolute atomic E-state index is 11.0. The molecule has 1 aromatic carbocycles. The van der Waals surface area contributed by atoms with Gasteiger partial charge in [-0.05, 0) is 29.1 Å². The minimum atomic E-state index is -0.936. The van der Waals surface area contributed by atoms with Gasteiger partial charge in [0, 0.05) is 16.3 Å². The highest BCUT2D eigenvalue weighted by Gasteiger charge is 2.11. The smallest absolute Gasteiger partial charge is 0.336 e. The van der Waals surface area contributed by atoms with Crippen LogP contribution in [0.2, 0.25) is 5.02 Å². The van der Waals surface area contributed by atoms with E-state index in [9.17, 15) is 4.79 Å². The Kier molecular flexibility index (Phi) is 3.27. The van der Waals surface area contributed by atoms with Crippen LogP contribution in [0.3, 0.4) is 0 Å². The standard InChI is InChI=1S/C12H9ClO2S/c13-9-4-3-8(11(7-9)12(14)15)6-10-2-1-5-16-10/h1-5,7H,6H2,(H,14,15). The number of carboxylic acid groups (broad SMARTS) is 1. The van der Waals surface area contributed by atoms with E-state index >= 15 is 0 Å². The molecule has 0 spiro atoms. The summed E-state index contributed by atoms with van der Waals surface area (Å²) in [6.07, 6.45) is 0.635. The summed E-state index contributed by atoms with van der Waals surface area (Å²) in [5, 5.41) is 11.5. The summed E-state index contributed by atoms with van der Waals surface area (Å²) < 4.78 is 0. The molecular weight excluding hydrogens is 244 g/mol. The summed E-state index contributed by atoms with van der Waals surface area (Å²) in [7, 11) is 0. The number of aromatic carboxylic acids is 1. The molecule has 1 N–H and O–H groups in total. The van der Waals surface area contributed by atoms with Gasteiger partial charge in [0.15, 0.2) is 0 Å². The first-order valence-corrected chi connectivity index (χ1v) is 5.96. The zero-order chi connectivity index (χ0) is 11.5. The fraction of sp³-hybridized carbons (Fsp3) is 0.0833. The van der Waals surface area contributed by atoms with E-state index in [4.69, 9.17) is 16.7 Å². The zero-order valence-electron chi connectivity index (χ0n) is 8.31. The molecule has 0 radical (unpaired) electrons. The molecule has 2 rings (SSSR count). The van der Waals surface area contributed by atoms with E-state index in [2.05, 4.69) is 0 Å². The Morgan fingerprint density at radius 3 is 2.81 bits per heavy atom. The van der Waals surface area contributed by atoms with Gasteiger partial charge in [0.25, 0.3) is 0 Å². The van der Waals surface area contributed by atoms with E-state index in [1.165, 1.54) is 6.07 Å². The molecule has 0 amide bonds. The molecule has 82 valence electrons. The van der Waals surface area contributed by atoms with Gasteiger partial charge in [-0.2, -0.15) is 0 Å². The minimum Gasteiger partial charge on any atom is -0.478 e. The van der Waals surface area contributed by atoms with Gasteiger partial charge in [0.2, 0.25) is 0 Å². The molecule has 2 nitrogen and oxygen atoms in total. The molecule has 2 aromatic rings. The van der Waals surface area contributed by atoms with Gasteiger partial charge in [-0.15, -0.1) is 11.3 Å². The summed E-state index contributed by atoms with van der Waals surface area (Å²) in [5.41, 5.74) is 1.07. The highest BCUT2D eigenvalue weighted by Crippen LogP contribution is 2.21. The van der Waals surface area contributed by atoms with Gasteiger partial charge in [-0.1, -0.05) is 23.7 Å². The molecule has 0 bridgehead atoms. The van der Waals surface area contributed by atoms with Crippen LogP contribution in [0, 0.1) is 0 Å². The summed E-state index contributed by atoms with van der Waals surface area (Å²) in [4.78, 5) is 12.2. The Bertz CT molecular complexity index is 506. The average molecular weight is 253 g/mol. The van der Waals surface area contributed by atoms with Crippen molar-refractivity contribution in [2.24, 2.45) is 0 Å². The van der Waals surface area contributed by atoms with Crippen LogP contribution in [0.25, 0.3) is 0 Å². The summed E-state index contributed by atoms with van der Waals surface area (Å²) in [5.74, 6) is -0.936. The SMILES string of the molecule is O=C(O)c1cc(Cl)ccc1Cc1cccs1. The van der Waals surface area contributed by atoms with Crippen LogP contribution >= 0.6 is 22.9 Å². The number of hydrogen-bond acceptors (Lipinski definition) is 2. The minimum absolute atomic E-state index is 0.279. The van der Waals surface area contributed by atoms with E-state index in [0.29, 0.717) is 11.4 Å². The van der Waals surface area contributed by atoms with Gasteiger partial charge < -0.3 is 5.11 Å². The fourth-order valence-electron chi connectivity index (χ4n) is 1.50. The monoisotopic (exact) mass is 252 g/mol. The van der Waals surface area contributed by atoms with E-state index in [-0.39, 0.29) is 5.56 Å². The Morgan fingerprint density at radius 1 is 1.38 bits per heavy atom. The van der Waals surface area contributed by atoms with Gasteiger partial charge >= 0.3 is 5.97 Å². The quantitative estimate of drug-likeness (QED) is 0.905. The van der Waals surface area contributed by atoms with Crippen molar-refractivity contribution in [2.45, 2.75) is 6.42 Å². The van der Waals surface area contributed by atoms with Crippen LogP contribution in [0.5, 0.6) is 0 Å². The third kappa shape index (κ3) is 2.43. The largest absolute Gasteiger partial charge is 0.478 e. The first kappa shape index (κ1) is 11.2. The molecule has 1 aromatic heterocycles. The predicted octanol–water partition coefficient (Wildman–Crippen LogP) is 3.69. The molecule has 0 fully saturated rings. The first-order chi connectivity index (χ1) is 7.66. The van der Waals surface area contributed by atoms with Crippen LogP contribution < -0.4 is 0 Å². The Hall–Kier alpha value is -1.32. The molecule has 0 aliphatic heterocycles. The lowest BCUT2D eigenvalue weighted by Crippen LogP contribution is -2.02. The molecule has 4 heteroatoms. The number of carbonyl (C=O) groups is 1. The van der Waals surface area contributed by atoms with Gasteiger partial charge in [0.05, 0.1) is 5.56 Å². The van der Waals surface area contributed by atoms with E-state index in [1.807, 2.05) is 17.5 Å². The number of halogens is 1. The molecule has 0 aliphatic rings. The summed E-state index contributed by atoms with van der Waals surface area (Å²) in [6, 6.07) is 8.93. The number of benzene rings is 1. The molecule has 1 heterocycles. The Morgan fingerprint density at radius 2 is 2.19 bits per heavy atom. The normalized spacial score (nSPS) is 10.3. The third-order valence-corrected chi connectivity index (χ3v) is 3.36. The van der Waals surface area contributed by atoms with E-state index in [1.54, 1.807) is 23.5 Å².